The van der Waals surface area contributed by atoms with Crippen molar-refractivity contribution in [3.05, 3.63) is 48.0 Å². The van der Waals surface area contributed by atoms with E-state index in [1.807, 2.05) is 0 Å². The van der Waals surface area contributed by atoms with E-state index in [0.717, 1.165) is 25.0 Å². The van der Waals surface area contributed by atoms with Crippen molar-refractivity contribution in [3.8, 4) is 0 Å². The van der Waals surface area contributed by atoms with E-state index in [1.54, 1.807) is 0 Å². The highest BCUT2D eigenvalue weighted by atomic mass is 16.5. The summed E-state index contributed by atoms with van der Waals surface area (Å²) in [6.07, 6.45) is 15.2. The number of unbranched alkanes of at least 4 members (excludes halogenated alkanes) is 3. The standard InChI is InChI=1S/C23H36O/c1-3-5-7-9-20-10-14-22(15-11-20)23-16-12-21(13-17-23)19-24-18-8-6-4-2/h3,12-13,16-17,20,22H,1,4-11,14-15,18-19H2,2H3. The first-order valence-corrected chi connectivity index (χ1v) is 10.1. The second kappa shape index (κ2) is 11.5. The zero-order chi connectivity index (χ0) is 17.0. The summed E-state index contributed by atoms with van der Waals surface area (Å²) >= 11 is 0. The van der Waals surface area contributed by atoms with E-state index < -0.39 is 0 Å². The van der Waals surface area contributed by atoms with Crippen molar-refractivity contribution >= 4 is 0 Å². The van der Waals surface area contributed by atoms with Crippen LogP contribution >= 0.6 is 0 Å². The molecule has 2 rings (SSSR count). The fourth-order valence-corrected chi connectivity index (χ4v) is 3.87. The van der Waals surface area contributed by atoms with E-state index in [2.05, 4.69) is 43.8 Å². The molecule has 1 nitrogen and oxygen atoms in total. The Hall–Kier alpha value is -1.08. The molecule has 1 aromatic rings. The Kier molecular flexibility index (Phi) is 9.20. The van der Waals surface area contributed by atoms with Gasteiger partial charge in [-0.3, -0.25) is 0 Å². The Balaban J connectivity index is 1.69. The van der Waals surface area contributed by atoms with Crippen LogP contribution in [-0.4, -0.2) is 6.61 Å². The van der Waals surface area contributed by atoms with Crippen molar-refractivity contribution in [2.24, 2.45) is 5.92 Å². The van der Waals surface area contributed by atoms with Gasteiger partial charge in [0.15, 0.2) is 0 Å². The van der Waals surface area contributed by atoms with E-state index in [1.165, 1.54) is 75.3 Å². The molecular weight excluding hydrogens is 292 g/mol. The predicted octanol–water partition coefficient (Wildman–Crippen LogP) is 7.02. The molecule has 0 amide bonds. The minimum Gasteiger partial charge on any atom is -0.377 e. The van der Waals surface area contributed by atoms with Gasteiger partial charge in [0.2, 0.25) is 0 Å². The van der Waals surface area contributed by atoms with Gasteiger partial charge >= 0.3 is 0 Å². The molecule has 0 saturated heterocycles. The number of benzene rings is 1. The molecular formula is C23H36O. The van der Waals surface area contributed by atoms with Gasteiger partial charge in [-0.25, -0.2) is 0 Å². The average Bonchev–Trinajstić information content (AvgIpc) is 2.63. The number of hydrogen-bond donors (Lipinski definition) is 0. The number of hydrogen-bond acceptors (Lipinski definition) is 1. The smallest absolute Gasteiger partial charge is 0.0716 e. The Morgan fingerprint density at radius 1 is 1.04 bits per heavy atom. The fourth-order valence-electron chi connectivity index (χ4n) is 3.87. The van der Waals surface area contributed by atoms with Crippen molar-refractivity contribution in [3.63, 3.8) is 0 Å². The highest BCUT2D eigenvalue weighted by Gasteiger charge is 2.21. The number of allylic oxidation sites excluding steroid dienone is 1. The maximum atomic E-state index is 5.76. The summed E-state index contributed by atoms with van der Waals surface area (Å²) in [7, 11) is 0. The minimum atomic E-state index is 0.764. The van der Waals surface area contributed by atoms with Crippen LogP contribution in [0.3, 0.4) is 0 Å². The molecule has 0 heterocycles. The average molecular weight is 329 g/mol. The van der Waals surface area contributed by atoms with Crippen LogP contribution in [0.5, 0.6) is 0 Å². The Labute approximate surface area is 149 Å². The normalized spacial score (nSPS) is 20.9. The van der Waals surface area contributed by atoms with Crippen molar-refractivity contribution in [1.29, 1.82) is 0 Å². The summed E-state index contributed by atoms with van der Waals surface area (Å²) in [5.74, 6) is 1.73. The van der Waals surface area contributed by atoms with Gasteiger partial charge < -0.3 is 4.74 Å². The molecule has 0 atom stereocenters. The third-order valence-electron chi connectivity index (χ3n) is 5.48. The van der Waals surface area contributed by atoms with Gasteiger partial charge in [-0.1, -0.05) is 56.5 Å². The predicted molar refractivity (Wildman–Crippen MR) is 104 cm³/mol. The molecule has 1 fully saturated rings. The number of ether oxygens (including phenoxy) is 1. The molecule has 1 saturated carbocycles. The summed E-state index contributed by atoms with van der Waals surface area (Å²) in [5, 5.41) is 0. The SMILES string of the molecule is C=CCCCC1CCC(c2ccc(COCCCCC)cc2)CC1. The van der Waals surface area contributed by atoms with E-state index in [9.17, 15) is 0 Å². The number of rotatable bonds is 11. The van der Waals surface area contributed by atoms with Gasteiger partial charge in [0.05, 0.1) is 6.61 Å². The lowest BCUT2D eigenvalue weighted by atomic mass is 9.77. The van der Waals surface area contributed by atoms with Gasteiger partial charge in [-0.2, -0.15) is 0 Å². The van der Waals surface area contributed by atoms with E-state index >= 15 is 0 Å². The lowest BCUT2D eigenvalue weighted by Gasteiger charge is -2.29. The van der Waals surface area contributed by atoms with Crippen molar-refractivity contribution < 1.29 is 4.74 Å². The van der Waals surface area contributed by atoms with Gasteiger partial charge in [0.1, 0.15) is 0 Å². The van der Waals surface area contributed by atoms with Crippen molar-refractivity contribution in [2.75, 3.05) is 6.61 Å². The molecule has 0 aliphatic heterocycles. The first-order valence-electron chi connectivity index (χ1n) is 10.1. The molecule has 134 valence electrons. The molecule has 0 radical (unpaired) electrons. The summed E-state index contributed by atoms with van der Waals surface area (Å²) < 4.78 is 5.76. The lowest BCUT2D eigenvalue weighted by Crippen LogP contribution is -2.13. The third-order valence-corrected chi connectivity index (χ3v) is 5.48. The quantitative estimate of drug-likeness (QED) is 0.313. The van der Waals surface area contributed by atoms with E-state index in [0.29, 0.717) is 0 Å². The third kappa shape index (κ3) is 6.81. The van der Waals surface area contributed by atoms with Crippen LogP contribution in [0.4, 0.5) is 0 Å². The lowest BCUT2D eigenvalue weighted by molar-refractivity contribution is 0.117. The summed E-state index contributed by atoms with van der Waals surface area (Å²) in [4.78, 5) is 0. The second-order valence-corrected chi connectivity index (χ2v) is 7.44. The monoisotopic (exact) mass is 328 g/mol. The van der Waals surface area contributed by atoms with Gasteiger partial charge in [-0.05, 0) is 67.9 Å². The first kappa shape index (κ1) is 19.2. The summed E-state index contributed by atoms with van der Waals surface area (Å²) in [5.41, 5.74) is 2.85. The maximum Gasteiger partial charge on any atom is 0.0716 e. The highest BCUT2D eigenvalue weighted by Crippen LogP contribution is 2.37. The van der Waals surface area contributed by atoms with Crippen LogP contribution in [0.1, 0.15) is 88.2 Å². The molecule has 0 N–H and O–H groups in total. The Morgan fingerprint density at radius 2 is 1.79 bits per heavy atom. The van der Waals surface area contributed by atoms with Crippen LogP contribution in [-0.2, 0) is 11.3 Å². The van der Waals surface area contributed by atoms with E-state index in [4.69, 9.17) is 4.74 Å². The molecule has 1 aromatic carbocycles. The molecule has 1 aliphatic rings. The van der Waals surface area contributed by atoms with E-state index in [-0.39, 0.29) is 0 Å². The molecule has 0 aromatic heterocycles. The minimum absolute atomic E-state index is 0.764. The largest absolute Gasteiger partial charge is 0.377 e. The van der Waals surface area contributed by atoms with Crippen molar-refractivity contribution in [1.82, 2.24) is 0 Å². The van der Waals surface area contributed by atoms with Crippen LogP contribution in [0, 0.1) is 5.92 Å². The van der Waals surface area contributed by atoms with Gasteiger partial charge in [0.25, 0.3) is 0 Å². The molecule has 1 heteroatoms. The second-order valence-electron chi connectivity index (χ2n) is 7.44. The summed E-state index contributed by atoms with van der Waals surface area (Å²) in [6.45, 7) is 7.71. The van der Waals surface area contributed by atoms with Gasteiger partial charge in [-0.15, -0.1) is 6.58 Å². The molecule has 0 spiro atoms. The van der Waals surface area contributed by atoms with Crippen LogP contribution in [0.2, 0.25) is 0 Å². The van der Waals surface area contributed by atoms with Crippen LogP contribution < -0.4 is 0 Å². The molecule has 24 heavy (non-hydrogen) atoms. The zero-order valence-electron chi connectivity index (χ0n) is 15.6. The molecule has 0 bridgehead atoms. The van der Waals surface area contributed by atoms with Crippen LogP contribution in [0.15, 0.2) is 36.9 Å². The Bertz CT molecular complexity index is 440. The first-order chi connectivity index (χ1) is 11.8. The summed E-state index contributed by atoms with van der Waals surface area (Å²) in [6, 6.07) is 9.22. The maximum absolute atomic E-state index is 5.76. The molecule has 1 aliphatic carbocycles. The van der Waals surface area contributed by atoms with Crippen molar-refractivity contribution in [2.45, 2.75) is 83.7 Å². The Morgan fingerprint density at radius 3 is 2.46 bits per heavy atom. The molecule has 0 unspecified atom stereocenters. The topological polar surface area (TPSA) is 9.23 Å². The van der Waals surface area contributed by atoms with Crippen LogP contribution in [0.25, 0.3) is 0 Å². The fraction of sp³-hybridized carbons (Fsp3) is 0.652. The highest BCUT2D eigenvalue weighted by molar-refractivity contribution is 5.25. The van der Waals surface area contributed by atoms with Gasteiger partial charge in [0, 0.05) is 6.61 Å². The zero-order valence-corrected chi connectivity index (χ0v) is 15.6.